The molecule has 0 aliphatic rings. The molecule has 0 bridgehead atoms. The molecule has 4 aromatic rings. The molecule has 0 saturated heterocycles. The Kier molecular flexibility index (Phi) is 11.2. The van der Waals surface area contributed by atoms with Gasteiger partial charge in [-0.1, -0.05) is 87.9 Å². The molecule has 4 nitrogen and oxygen atoms in total. The molecule has 5 heteroatoms. The Morgan fingerprint density at radius 3 is 1.82 bits per heavy atom. The fraction of sp³-hybridized carbons (Fsp3) is 0.257. The largest absolute Gasteiger partial charge is 0.508 e. The maximum absolute atomic E-state index is 14.0. The highest BCUT2D eigenvalue weighted by Gasteiger charge is 2.18. The predicted octanol–water partition coefficient (Wildman–Crippen LogP) is 8.78. The topological polar surface area (TPSA) is 58.9 Å². The summed E-state index contributed by atoms with van der Waals surface area (Å²) < 4.78 is 25.1. The molecule has 0 saturated carbocycles. The van der Waals surface area contributed by atoms with E-state index in [1.165, 1.54) is 6.07 Å². The second kappa shape index (κ2) is 14.8. The average molecular weight is 543 g/mol. The molecule has 0 fully saturated rings. The summed E-state index contributed by atoms with van der Waals surface area (Å²) in [5.41, 5.74) is 5.18. The Hall–Kier alpha value is -4.25. The molecule has 0 aliphatic heterocycles. The van der Waals surface area contributed by atoms with Crippen molar-refractivity contribution in [1.29, 1.82) is 0 Å². The van der Waals surface area contributed by atoms with Gasteiger partial charge in [-0.2, -0.15) is 0 Å². The highest BCUT2D eigenvalue weighted by molar-refractivity contribution is 5.71. The number of ether oxygens (including phenoxy) is 2. The lowest BCUT2D eigenvalue weighted by atomic mass is 9.91. The zero-order chi connectivity index (χ0) is 29.1. The van der Waals surface area contributed by atoms with Crippen molar-refractivity contribution >= 4 is 12.2 Å². The first-order valence-electron chi connectivity index (χ1n) is 13.6. The van der Waals surface area contributed by atoms with E-state index in [2.05, 4.69) is 6.92 Å². The normalized spacial score (nSPS) is 11.6. The SMILES string of the molecule is CCCc1c(OC)cc(C(C)c2ccccc2F)cc1OC.CCc1c(O)cc(C=Cc2ccccc2)cc1O. The van der Waals surface area contributed by atoms with E-state index < -0.39 is 0 Å². The van der Waals surface area contributed by atoms with Crippen LogP contribution in [-0.2, 0) is 12.8 Å². The van der Waals surface area contributed by atoms with E-state index >= 15 is 0 Å². The molecule has 0 amide bonds. The molecular weight excluding hydrogens is 503 g/mol. The van der Waals surface area contributed by atoms with Crippen molar-refractivity contribution in [3.8, 4) is 23.0 Å². The van der Waals surface area contributed by atoms with Gasteiger partial charge >= 0.3 is 0 Å². The minimum Gasteiger partial charge on any atom is -0.508 e. The van der Waals surface area contributed by atoms with Crippen LogP contribution in [0.3, 0.4) is 0 Å². The highest BCUT2D eigenvalue weighted by Crippen LogP contribution is 2.37. The third-order valence-electron chi connectivity index (χ3n) is 6.85. The van der Waals surface area contributed by atoms with Crippen molar-refractivity contribution in [3.63, 3.8) is 0 Å². The smallest absolute Gasteiger partial charge is 0.127 e. The lowest BCUT2D eigenvalue weighted by Crippen LogP contribution is -2.03. The molecule has 0 radical (unpaired) electrons. The summed E-state index contributed by atoms with van der Waals surface area (Å²) in [5.74, 6) is 1.64. The van der Waals surface area contributed by atoms with Gasteiger partial charge in [0.25, 0.3) is 0 Å². The molecule has 2 N–H and O–H groups in total. The Bertz CT molecular complexity index is 1360. The molecular formula is C35H39FO4. The highest BCUT2D eigenvalue weighted by atomic mass is 19.1. The van der Waals surface area contributed by atoms with Crippen molar-refractivity contribution in [2.45, 2.75) is 46.0 Å². The molecule has 4 rings (SSSR count). The lowest BCUT2D eigenvalue weighted by molar-refractivity contribution is 0.383. The number of hydrogen-bond donors (Lipinski definition) is 2. The average Bonchev–Trinajstić information content (AvgIpc) is 2.97. The number of halogens is 1. The number of benzene rings is 4. The minimum absolute atomic E-state index is 0.0697. The second-order valence-corrected chi connectivity index (χ2v) is 9.53. The van der Waals surface area contributed by atoms with Gasteiger partial charge in [0.05, 0.1) is 14.2 Å². The number of hydrogen-bond acceptors (Lipinski definition) is 4. The van der Waals surface area contributed by atoms with Crippen LogP contribution in [0.5, 0.6) is 23.0 Å². The van der Waals surface area contributed by atoms with Crippen LogP contribution >= 0.6 is 0 Å². The van der Waals surface area contributed by atoms with Crippen molar-refractivity contribution in [1.82, 2.24) is 0 Å². The van der Waals surface area contributed by atoms with Crippen LogP contribution in [-0.4, -0.2) is 24.4 Å². The van der Waals surface area contributed by atoms with Crippen LogP contribution in [0.2, 0.25) is 0 Å². The summed E-state index contributed by atoms with van der Waals surface area (Å²) in [7, 11) is 3.32. The summed E-state index contributed by atoms with van der Waals surface area (Å²) in [4.78, 5) is 0. The third kappa shape index (κ3) is 7.66. The molecule has 1 unspecified atom stereocenters. The predicted molar refractivity (Wildman–Crippen MR) is 162 cm³/mol. The van der Waals surface area contributed by atoms with Gasteiger partial charge in [-0.3, -0.25) is 0 Å². The lowest BCUT2D eigenvalue weighted by Gasteiger charge is -2.19. The van der Waals surface area contributed by atoms with E-state index in [4.69, 9.17) is 9.47 Å². The monoisotopic (exact) mass is 542 g/mol. The first-order chi connectivity index (χ1) is 19.3. The molecule has 4 aromatic carbocycles. The molecule has 0 spiro atoms. The van der Waals surface area contributed by atoms with Gasteiger partial charge in [0, 0.05) is 17.0 Å². The number of rotatable bonds is 9. The van der Waals surface area contributed by atoms with E-state index in [0.717, 1.165) is 46.6 Å². The second-order valence-electron chi connectivity index (χ2n) is 9.53. The van der Waals surface area contributed by atoms with Crippen LogP contribution in [0.25, 0.3) is 12.2 Å². The molecule has 0 aromatic heterocycles. The van der Waals surface area contributed by atoms with Gasteiger partial charge < -0.3 is 19.7 Å². The number of phenolic OH excluding ortho intramolecular Hbond substituents is 2. The van der Waals surface area contributed by atoms with E-state index in [1.54, 1.807) is 32.4 Å². The van der Waals surface area contributed by atoms with Crippen molar-refractivity contribution < 1.29 is 24.1 Å². The fourth-order valence-electron chi connectivity index (χ4n) is 4.63. The Morgan fingerprint density at radius 2 is 1.30 bits per heavy atom. The van der Waals surface area contributed by atoms with E-state index in [1.807, 2.05) is 80.6 Å². The van der Waals surface area contributed by atoms with Crippen molar-refractivity contribution in [3.05, 3.63) is 118 Å². The molecule has 210 valence electrons. The summed E-state index contributed by atoms with van der Waals surface area (Å²) in [6.07, 6.45) is 6.32. The van der Waals surface area contributed by atoms with Gasteiger partial charge in [0.1, 0.15) is 28.8 Å². The van der Waals surface area contributed by atoms with Crippen molar-refractivity contribution in [2.75, 3.05) is 14.2 Å². The van der Waals surface area contributed by atoms with Gasteiger partial charge in [0.15, 0.2) is 0 Å². The molecule has 40 heavy (non-hydrogen) atoms. The minimum atomic E-state index is -0.189. The first kappa shape index (κ1) is 30.3. The number of methoxy groups -OCH3 is 2. The van der Waals surface area contributed by atoms with E-state index in [9.17, 15) is 14.6 Å². The van der Waals surface area contributed by atoms with Crippen LogP contribution in [0.4, 0.5) is 4.39 Å². The van der Waals surface area contributed by atoms with Gasteiger partial charge in [0.2, 0.25) is 0 Å². The summed E-state index contributed by atoms with van der Waals surface area (Å²) in [6, 6.07) is 24.1. The van der Waals surface area contributed by atoms with Crippen LogP contribution in [0.1, 0.15) is 66.5 Å². The Labute approximate surface area is 237 Å². The quantitative estimate of drug-likeness (QED) is 0.208. The maximum Gasteiger partial charge on any atom is 0.127 e. The van der Waals surface area contributed by atoms with E-state index in [0.29, 0.717) is 17.5 Å². The van der Waals surface area contributed by atoms with Gasteiger partial charge in [-0.25, -0.2) is 4.39 Å². The first-order valence-corrected chi connectivity index (χ1v) is 13.6. The fourth-order valence-corrected chi connectivity index (χ4v) is 4.63. The third-order valence-corrected chi connectivity index (χ3v) is 6.85. The standard InChI is InChI=1S/C19H23FO2.C16H16O2/c1-5-8-16-18(21-3)11-14(12-19(16)22-4)13(2)15-9-6-7-10-17(15)20;1-2-14-15(17)10-13(11-16(14)18)9-8-12-6-4-3-5-7-12/h6-7,9-13H,5,8H2,1-4H3;3-11,17-18H,2H2,1H3. The summed E-state index contributed by atoms with van der Waals surface area (Å²) >= 11 is 0. The van der Waals surface area contributed by atoms with Crippen LogP contribution in [0.15, 0.2) is 78.9 Å². The molecule has 0 heterocycles. The zero-order valence-electron chi connectivity index (χ0n) is 23.9. The summed E-state index contributed by atoms with van der Waals surface area (Å²) in [6.45, 7) is 6.01. The van der Waals surface area contributed by atoms with E-state index in [-0.39, 0.29) is 23.2 Å². The maximum atomic E-state index is 14.0. The number of aromatic hydroxyl groups is 2. The van der Waals surface area contributed by atoms with Gasteiger partial charge in [-0.15, -0.1) is 0 Å². The van der Waals surface area contributed by atoms with Crippen molar-refractivity contribution in [2.24, 2.45) is 0 Å². The Morgan fingerprint density at radius 1 is 0.750 bits per heavy atom. The van der Waals surface area contributed by atoms with Gasteiger partial charge in [-0.05, 0) is 65.4 Å². The zero-order valence-corrected chi connectivity index (χ0v) is 23.9. The molecule has 1 atom stereocenters. The Balaban J connectivity index is 0.000000225. The van der Waals surface area contributed by atoms with Crippen LogP contribution in [0, 0.1) is 5.82 Å². The summed E-state index contributed by atoms with van der Waals surface area (Å²) in [5, 5.41) is 19.6. The molecule has 0 aliphatic carbocycles. The van der Waals surface area contributed by atoms with Crippen LogP contribution < -0.4 is 9.47 Å². The number of phenols is 2.